The Kier molecular flexibility index (Phi) is 3.57. The van der Waals surface area contributed by atoms with Crippen molar-refractivity contribution in [3.05, 3.63) is 0 Å². The monoisotopic (exact) mass is 154 g/mol. The van der Waals surface area contributed by atoms with Crippen LogP contribution in [0.3, 0.4) is 0 Å². The van der Waals surface area contributed by atoms with Gasteiger partial charge < -0.3 is 10.3 Å². The molecule has 1 heterocycles. The SMILES string of the molecule is CC1CCCCN1CCC=N. The zero-order valence-electron chi connectivity index (χ0n) is 7.34. The first-order chi connectivity index (χ1) is 5.34. The van der Waals surface area contributed by atoms with E-state index >= 15 is 0 Å². The summed E-state index contributed by atoms with van der Waals surface area (Å²) in [4.78, 5) is 2.49. The lowest BCUT2D eigenvalue weighted by atomic mass is 10.0. The van der Waals surface area contributed by atoms with E-state index in [4.69, 9.17) is 5.41 Å². The second-order valence-corrected chi connectivity index (χ2v) is 3.37. The van der Waals surface area contributed by atoms with E-state index in [1.54, 1.807) is 0 Å². The maximum atomic E-state index is 6.94. The lowest BCUT2D eigenvalue weighted by Gasteiger charge is -2.32. The van der Waals surface area contributed by atoms with Crippen molar-refractivity contribution in [3.8, 4) is 0 Å². The number of hydrogen-bond donors (Lipinski definition) is 1. The summed E-state index contributed by atoms with van der Waals surface area (Å²) in [7, 11) is 0. The lowest BCUT2D eigenvalue weighted by molar-refractivity contribution is 0.166. The van der Waals surface area contributed by atoms with Gasteiger partial charge in [0.25, 0.3) is 0 Å². The second-order valence-electron chi connectivity index (χ2n) is 3.37. The van der Waals surface area contributed by atoms with Crippen molar-refractivity contribution in [1.82, 2.24) is 4.90 Å². The molecule has 0 bridgehead atoms. The Morgan fingerprint density at radius 3 is 3.00 bits per heavy atom. The van der Waals surface area contributed by atoms with Crippen molar-refractivity contribution >= 4 is 6.21 Å². The summed E-state index contributed by atoms with van der Waals surface area (Å²) >= 11 is 0. The molecule has 1 saturated heterocycles. The van der Waals surface area contributed by atoms with Crippen LogP contribution in [0.4, 0.5) is 0 Å². The van der Waals surface area contributed by atoms with Crippen molar-refractivity contribution in [2.45, 2.75) is 38.6 Å². The first kappa shape index (κ1) is 8.72. The van der Waals surface area contributed by atoms with Crippen LogP contribution in [0.15, 0.2) is 0 Å². The highest BCUT2D eigenvalue weighted by molar-refractivity contribution is 5.52. The molecule has 1 unspecified atom stereocenters. The van der Waals surface area contributed by atoms with Crippen molar-refractivity contribution in [3.63, 3.8) is 0 Å². The van der Waals surface area contributed by atoms with Crippen LogP contribution in [0.1, 0.15) is 32.6 Å². The summed E-state index contributed by atoms with van der Waals surface area (Å²) in [6, 6.07) is 0.753. The van der Waals surface area contributed by atoms with Crippen LogP contribution in [0.5, 0.6) is 0 Å². The summed E-state index contributed by atoms with van der Waals surface area (Å²) in [5.74, 6) is 0. The van der Waals surface area contributed by atoms with Crippen LogP contribution in [0.25, 0.3) is 0 Å². The predicted molar refractivity (Wildman–Crippen MR) is 48.3 cm³/mol. The van der Waals surface area contributed by atoms with Gasteiger partial charge in [0.05, 0.1) is 0 Å². The first-order valence-corrected chi connectivity index (χ1v) is 4.57. The Labute approximate surface area is 69.1 Å². The lowest BCUT2D eigenvalue weighted by Crippen LogP contribution is -2.38. The number of piperidine rings is 1. The van der Waals surface area contributed by atoms with Crippen LogP contribution < -0.4 is 0 Å². The highest BCUT2D eigenvalue weighted by Crippen LogP contribution is 2.15. The largest absolute Gasteiger partial charge is 0.313 e. The Morgan fingerprint density at radius 1 is 1.55 bits per heavy atom. The molecule has 0 radical (unpaired) electrons. The molecule has 0 spiro atoms. The van der Waals surface area contributed by atoms with E-state index in [9.17, 15) is 0 Å². The van der Waals surface area contributed by atoms with E-state index in [0.717, 1.165) is 19.0 Å². The molecule has 1 rings (SSSR count). The fourth-order valence-corrected chi connectivity index (χ4v) is 1.72. The third-order valence-electron chi connectivity index (χ3n) is 2.50. The van der Waals surface area contributed by atoms with Crippen molar-refractivity contribution in [1.29, 1.82) is 5.41 Å². The first-order valence-electron chi connectivity index (χ1n) is 4.57. The Balaban J connectivity index is 2.23. The van der Waals surface area contributed by atoms with Gasteiger partial charge in [0.15, 0.2) is 0 Å². The molecule has 0 aromatic heterocycles. The van der Waals surface area contributed by atoms with E-state index < -0.39 is 0 Å². The fraction of sp³-hybridized carbons (Fsp3) is 0.889. The summed E-state index contributed by atoms with van der Waals surface area (Å²) in [5.41, 5.74) is 0. The molecular formula is C9H18N2. The zero-order valence-corrected chi connectivity index (χ0v) is 7.34. The molecule has 1 aliphatic heterocycles. The normalized spacial score (nSPS) is 26.8. The summed E-state index contributed by atoms with van der Waals surface area (Å²) in [6.07, 6.45) is 6.52. The van der Waals surface area contributed by atoms with Gasteiger partial charge in [-0.15, -0.1) is 0 Å². The third kappa shape index (κ3) is 2.62. The van der Waals surface area contributed by atoms with Crippen LogP contribution >= 0.6 is 0 Å². The molecule has 2 nitrogen and oxygen atoms in total. The van der Waals surface area contributed by atoms with Crippen LogP contribution in [0.2, 0.25) is 0 Å². The average molecular weight is 154 g/mol. The summed E-state index contributed by atoms with van der Waals surface area (Å²) < 4.78 is 0. The molecule has 11 heavy (non-hydrogen) atoms. The molecule has 1 aliphatic rings. The van der Waals surface area contributed by atoms with E-state index in [0.29, 0.717) is 0 Å². The van der Waals surface area contributed by atoms with Gasteiger partial charge in [-0.1, -0.05) is 6.42 Å². The predicted octanol–water partition coefficient (Wildman–Crippen LogP) is 1.90. The van der Waals surface area contributed by atoms with Gasteiger partial charge in [-0.2, -0.15) is 0 Å². The topological polar surface area (TPSA) is 27.1 Å². The van der Waals surface area contributed by atoms with Gasteiger partial charge in [-0.05, 0) is 38.9 Å². The molecule has 2 heteroatoms. The highest BCUT2D eigenvalue weighted by Gasteiger charge is 2.16. The number of nitrogens with one attached hydrogen (secondary N) is 1. The van der Waals surface area contributed by atoms with Gasteiger partial charge in [-0.25, -0.2) is 0 Å². The molecule has 1 atom stereocenters. The van der Waals surface area contributed by atoms with Crippen LogP contribution in [0, 0.1) is 5.41 Å². The smallest absolute Gasteiger partial charge is 0.00670 e. The molecule has 0 aromatic rings. The zero-order chi connectivity index (χ0) is 8.10. The van der Waals surface area contributed by atoms with Crippen LogP contribution in [-0.4, -0.2) is 30.2 Å². The summed E-state index contributed by atoms with van der Waals surface area (Å²) in [5, 5.41) is 6.94. The molecule has 0 amide bonds. The molecule has 0 aliphatic carbocycles. The molecular weight excluding hydrogens is 136 g/mol. The molecule has 64 valence electrons. The van der Waals surface area contributed by atoms with Gasteiger partial charge in [0.2, 0.25) is 0 Å². The minimum absolute atomic E-state index is 0.753. The van der Waals surface area contributed by atoms with Crippen molar-refractivity contribution < 1.29 is 0 Å². The fourth-order valence-electron chi connectivity index (χ4n) is 1.72. The van der Waals surface area contributed by atoms with Gasteiger partial charge in [0, 0.05) is 12.6 Å². The maximum Gasteiger partial charge on any atom is 0.00670 e. The Morgan fingerprint density at radius 2 is 2.36 bits per heavy atom. The van der Waals surface area contributed by atoms with Gasteiger partial charge in [0.1, 0.15) is 0 Å². The highest BCUT2D eigenvalue weighted by atomic mass is 15.1. The van der Waals surface area contributed by atoms with Crippen LogP contribution in [-0.2, 0) is 0 Å². The van der Waals surface area contributed by atoms with Crippen molar-refractivity contribution in [2.75, 3.05) is 13.1 Å². The number of nitrogens with zero attached hydrogens (tertiary/aromatic N) is 1. The number of likely N-dealkylation sites (tertiary alicyclic amines) is 1. The van der Waals surface area contributed by atoms with Crippen molar-refractivity contribution in [2.24, 2.45) is 0 Å². The quantitative estimate of drug-likeness (QED) is 0.618. The number of rotatable bonds is 3. The second kappa shape index (κ2) is 4.50. The van der Waals surface area contributed by atoms with Gasteiger partial charge >= 0.3 is 0 Å². The minimum atomic E-state index is 0.753. The molecule has 1 fully saturated rings. The van der Waals surface area contributed by atoms with E-state index in [1.165, 1.54) is 32.0 Å². The number of hydrogen-bond acceptors (Lipinski definition) is 2. The molecule has 1 N–H and O–H groups in total. The average Bonchev–Trinajstić information content (AvgIpc) is 2.03. The summed E-state index contributed by atoms with van der Waals surface area (Å²) in [6.45, 7) is 4.63. The standard InChI is InChI=1S/C9H18N2/c1-9-5-2-3-7-11(9)8-4-6-10/h6,9-10H,2-5,7-8H2,1H3. The Hall–Kier alpha value is -0.370. The molecule has 0 saturated carbocycles. The van der Waals surface area contributed by atoms with E-state index in [1.807, 2.05) is 0 Å². The third-order valence-corrected chi connectivity index (χ3v) is 2.50. The minimum Gasteiger partial charge on any atom is -0.313 e. The van der Waals surface area contributed by atoms with E-state index in [2.05, 4.69) is 11.8 Å². The van der Waals surface area contributed by atoms with E-state index in [-0.39, 0.29) is 0 Å². The maximum absolute atomic E-state index is 6.94. The van der Waals surface area contributed by atoms with Gasteiger partial charge in [-0.3, -0.25) is 0 Å². The molecule has 0 aromatic carbocycles. The Bertz CT molecular complexity index is 123.